The lowest BCUT2D eigenvalue weighted by Crippen LogP contribution is -2.21. The van der Waals surface area contributed by atoms with Gasteiger partial charge in [-0.1, -0.05) is 0 Å². The molecule has 2 N–H and O–H groups in total. The molecule has 0 saturated carbocycles. The first-order chi connectivity index (χ1) is 9.15. The SMILES string of the molecule is CCOCC(C)Nc1ccc(NC(=O)COC)cc1. The van der Waals surface area contributed by atoms with Crippen LogP contribution in [-0.4, -0.2) is 38.9 Å². The van der Waals surface area contributed by atoms with Crippen LogP contribution in [0.1, 0.15) is 13.8 Å². The van der Waals surface area contributed by atoms with Crippen LogP contribution < -0.4 is 10.6 Å². The van der Waals surface area contributed by atoms with Crippen LogP contribution in [0.2, 0.25) is 0 Å². The first-order valence-corrected chi connectivity index (χ1v) is 6.38. The Kier molecular flexibility index (Phi) is 6.92. The Hall–Kier alpha value is -1.59. The molecule has 0 bridgehead atoms. The highest BCUT2D eigenvalue weighted by Crippen LogP contribution is 2.14. The van der Waals surface area contributed by atoms with Crippen molar-refractivity contribution >= 4 is 17.3 Å². The lowest BCUT2D eigenvalue weighted by Gasteiger charge is -2.15. The number of anilines is 2. The lowest BCUT2D eigenvalue weighted by atomic mass is 10.2. The monoisotopic (exact) mass is 266 g/mol. The minimum absolute atomic E-state index is 0.0609. The summed E-state index contributed by atoms with van der Waals surface area (Å²) in [6, 6.07) is 7.79. The minimum Gasteiger partial charge on any atom is -0.380 e. The number of rotatable bonds is 8. The van der Waals surface area contributed by atoms with Crippen molar-refractivity contribution in [1.29, 1.82) is 0 Å². The molecule has 5 nitrogen and oxygen atoms in total. The highest BCUT2D eigenvalue weighted by atomic mass is 16.5. The Labute approximate surface area is 114 Å². The predicted molar refractivity (Wildman–Crippen MR) is 76.5 cm³/mol. The molecule has 0 saturated heterocycles. The van der Waals surface area contributed by atoms with Gasteiger partial charge in [-0.2, -0.15) is 0 Å². The van der Waals surface area contributed by atoms with E-state index in [1.807, 2.05) is 31.2 Å². The highest BCUT2D eigenvalue weighted by Gasteiger charge is 2.03. The maximum absolute atomic E-state index is 11.3. The number of hydrogen-bond donors (Lipinski definition) is 2. The van der Waals surface area contributed by atoms with Gasteiger partial charge in [0, 0.05) is 31.1 Å². The normalized spacial score (nSPS) is 11.9. The molecule has 0 spiro atoms. The fourth-order valence-corrected chi connectivity index (χ4v) is 1.60. The molecule has 0 aliphatic heterocycles. The Morgan fingerprint density at radius 3 is 2.47 bits per heavy atom. The molecule has 5 heteroatoms. The Morgan fingerprint density at radius 1 is 1.26 bits per heavy atom. The molecule has 1 amide bonds. The number of carbonyl (C=O) groups excluding carboxylic acids is 1. The van der Waals surface area contributed by atoms with E-state index in [-0.39, 0.29) is 18.6 Å². The standard InChI is InChI=1S/C14H22N2O3/c1-4-19-9-11(2)15-12-5-7-13(8-6-12)16-14(17)10-18-3/h5-8,11,15H,4,9-10H2,1-3H3,(H,16,17). The number of benzene rings is 1. The van der Waals surface area contributed by atoms with Crippen molar-refractivity contribution in [3.63, 3.8) is 0 Å². The van der Waals surface area contributed by atoms with Crippen molar-refractivity contribution in [2.75, 3.05) is 37.6 Å². The van der Waals surface area contributed by atoms with Crippen LogP contribution in [0.3, 0.4) is 0 Å². The van der Waals surface area contributed by atoms with Gasteiger partial charge < -0.3 is 20.1 Å². The van der Waals surface area contributed by atoms with Crippen molar-refractivity contribution in [3.05, 3.63) is 24.3 Å². The van der Waals surface area contributed by atoms with E-state index in [0.29, 0.717) is 6.61 Å². The van der Waals surface area contributed by atoms with Crippen LogP contribution in [-0.2, 0) is 14.3 Å². The average molecular weight is 266 g/mol. The lowest BCUT2D eigenvalue weighted by molar-refractivity contribution is -0.119. The van der Waals surface area contributed by atoms with Crippen LogP contribution in [0.15, 0.2) is 24.3 Å². The molecule has 0 radical (unpaired) electrons. The first-order valence-electron chi connectivity index (χ1n) is 6.38. The van der Waals surface area contributed by atoms with Crippen molar-refractivity contribution in [2.24, 2.45) is 0 Å². The van der Waals surface area contributed by atoms with Crippen LogP contribution in [0.5, 0.6) is 0 Å². The van der Waals surface area contributed by atoms with Gasteiger partial charge >= 0.3 is 0 Å². The van der Waals surface area contributed by atoms with E-state index in [9.17, 15) is 4.79 Å². The molecule has 1 rings (SSSR count). The number of nitrogens with one attached hydrogen (secondary N) is 2. The third-order valence-electron chi connectivity index (χ3n) is 2.43. The predicted octanol–water partition coefficient (Wildman–Crippen LogP) is 2.11. The van der Waals surface area contributed by atoms with Gasteiger partial charge in [0.15, 0.2) is 0 Å². The zero-order chi connectivity index (χ0) is 14.1. The van der Waals surface area contributed by atoms with Gasteiger partial charge in [-0.15, -0.1) is 0 Å². The summed E-state index contributed by atoms with van der Waals surface area (Å²) < 4.78 is 10.1. The Bertz CT molecular complexity index is 379. The quantitative estimate of drug-likeness (QED) is 0.756. The summed E-state index contributed by atoms with van der Waals surface area (Å²) in [6.07, 6.45) is 0. The number of carbonyl (C=O) groups is 1. The zero-order valence-electron chi connectivity index (χ0n) is 11.7. The van der Waals surface area contributed by atoms with Crippen molar-refractivity contribution < 1.29 is 14.3 Å². The summed E-state index contributed by atoms with van der Waals surface area (Å²) in [5, 5.41) is 6.06. The van der Waals surface area contributed by atoms with E-state index in [1.54, 1.807) is 0 Å². The minimum atomic E-state index is -0.159. The van der Waals surface area contributed by atoms with Gasteiger partial charge in [-0.05, 0) is 38.1 Å². The van der Waals surface area contributed by atoms with E-state index in [1.165, 1.54) is 7.11 Å². The van der Waals surface area contributed by atoms with Crippen LogP contribution >= 0.6 is 0 Å². The number of amides is 1. The fraction of sp³-hybridized carbons (Fsp3) is 0.500. The third-order valence-corrected chi connectivity index (χ3v) is 2.43. The van der Waals surface area contributed by atoms with Gasteiger partial charge in [-0.25, -0.2) is 0 Å². The summed E-state index contributed by atoms with van der Waals surface area (Å²) in [6.45, 7) is 5.48. The fourth-order valence-electron chi connectivity index (χ4n) is 1.60. The molecule has 1 aromatic rings. The number of methoxy groups -OCH3 is 1. The summed E-state index contributed by atoms with van der Waals surface area (Å²) in [7, 11) is 1.49. The molecule has 1 atom stereocenters. The van der Waals surface area contributed by atoms with Crippen LogP contribution in [0, 0.1) is 0 Å². The first kappa shape index (κ1) is 15.5. The second-order valence-corrected chi connectivity index (χ2v) is 4.26. The molecule has 1 unspecified atom stereocenters. The Balaban J connectivity index is 2.45. The van der Waals surface area contributed by atoms with Gasteiger partial charge in [0.1, 0.15) is 6.61 Å². The summed E-state index contributed by atoms with van der Waals surface area (Å²) in [4.78, 5) is 11.3. The van der Waals surface area contributed by atoms with E-state index in [0.717, 1.165) is 18.0 Å². The van der Waals surface area contributed by atoms with Gasteiger partial charge in [0.05, 0.1) is 6.61 Å². The smallest absolute Gasteiger partial charge is 0.250 e. The largest absolute Gasteiger partial charge is 0.380 e. The van der Waals surface area contributed by atoms with E-state index < -0.39 is 0 Å². The topological polar surface area (TPSA) is 59.6 Å². The second kappa shape index (κ2) is 8.50. The van der Waals surface area contributed by atoms with E-state index in [4.69, 9.17) is 9.47 Å². The maximum Gasteiger partial charge on any atom is 0.250 e. The Morgan fingerprint density at radius 2 is 1.89 bits per heavy atom. The number of hydrogen-bond acceptors (Lipinski definition) is 4. The molecule has 0 aliphatic carbocycles. The van der Waals surface area contributed by atoms with Crippen LogP contribution in [0.25, 0.3) is 0 Å². The molecule has 0 fully saturated rings. The number of ether oxygens (including phenoxy) is 2. The summed E-state index contributed by atoms with van der Waals surface area (Å²) in [5.74, 6) is -0.159. The zero-order valence-corrected chi connectivity index (χ0v) is 11.7. The van der Waals surface area contributed by atoms with Gasteiger partial charge in [0.2, 0.25) is 5.91 Å². The molecular weight excluding hydrogens is 244 g/mol. The van der Waals surface area contributed by atoms with Crippen molar-refractivity contribution in [2.45, 2.75) is 19.9 Å². The molecule has 0 aromatic heterocycles. The van der Waals surface area contributed by atoms with Crippen LogP contribution in [0.4, 0.5) is 11.4 Å². The third kappa shape index (κ3) is 6.22. The molecule has 106 valence electrons. The second-order valence-electron chi connectivity index (χ2n) is 4.26. The maximum atomic E-state index is 11.3. The average Bonchev–Trinajstić information content (AvgIpc) is 2.39. The molecule has 0 heterocycles. The van der Waals surface area contributed by atoms with Gasteiger partial charge in [-0.3, -0.25) is 4.79 Å². The van der Waals surface area contributed by atoms with E-state index >= 15 is 0 Å². The molecular formula is C14H22N2O3. The van der Waals surface area contributed by atoms with E-state index in [2.05, 4.69) is 17.6 Å². The molecule has 19 heavy (non-hydrogen) atoms. The molecule has 1 aromatic carbocycles. The van der Waals surface area contributed by atoms with Crippen molar-refractivity contribution in [1.82, 2.24) is 0 Å². The summed E-state index contributed by atoms with van der Waals surface area (Å²) >= 11 is 0. The highest BCUT2D eigenvalue weighted by molar-refractivity contribution is 5.91. The summed E-state index contributed by atoms with van der Waals surface area (Å²) in [5.41, 5.74) is 1.75. The van der Waals surface area contributed by atoms with Gasteiger partial charge in [0.25, 0.3) is 0 Å². The molecule has 0 aliphatic rings. The van der Waals surface area contributed by atoms with Crippen molar-refractivity contribution in [3.8, 4) is 0 Å².